The van der Waals surface area contributed by atoms with Crippen LogP contribution in [0.3, 0.4) is 0 Å². The third-order valence-corrected chi connectivity index (χ3v) is 5.84. The molecule has 1 unspecified atom stereocenters. The van der Waals surface area contributed by atoms with Crippen LogP contribution in [-0.4, -0.2) is 23.7 Å². The average Bonchev–Trinajstić information content (AvgIpc) is 2.64. The van der Waals surface area contributed by atoms with Crippen molar-refractivity contribution in [1.82, 2.24) is 4.90 Å². The van der Waals surface area contributed by atoms with Crippen molar-refractivity contribution in [2.45, 2.75) is 79.2 Å². The maximum Gasteiger partial charge on any atom is 0.160 e. The van der Waals surface area contributed by atoms with Crippen LogP contribution in [0.15, 0.2) is 40.5 Å². The fourth-order valence-corrected chi connectivity index (χ4v) is 3.79. The van der Waals surface area contributed by atoms with E-state index in [4.69, 9.17) is 0 Å². The number of allylic oxidation sites excluding steroid dienone is 2. The minimum absolute atomic E-state index is 0.404. The molecule has 0 bridgehead atoms. The molecule has 0 saturated heterocycles. The van der Waals surface area contributed by atoms with Gasteiger partial charge in [-0.05, 0) is 44.2 Å². The van der Waals surface area contributed by atoms with Crippen LogP contribution in [0.1, 0.15) is 71.8 Å². The summed E-state index contributed by atoms with van der Waals surface area (Å²) in [6.45, 7) is 10.4. The van der Waals surface area contributed by atoms with Gasteiger partial charge in [-0.1, -0.05) is 58.1 Å². The summed E-state index contributed by atoms with van der Waals surface area (Å²) in [4.78, 5) is 6.87. The lowest BCUT2D eigenvalue weighted by atomic mass is 9.88. The van der Waals surface area contributed by atoms with Gasteiger partial charge in [-0.3, -0.25) is 4.99 Å². The Balaban J connectivity index is 0.000000521. The summed E-state index contributed by atoms with van der Waals surface area (Å²) in [5.74, 6) is -0.626. The molecule has 0 spiro atoms. The second-order valence-electron chi connectivity index (χ2n) is 8.46. The van der Waals surface area contributed by atoms with Gasteiger partial charge in [0, 0.05) is 36.6 Å². The second kappa shape index (κ2) is 10.7. The maximum atomic E-state index is 13.6. The van der Waals surface area contributed by atoms with Gasteiger partial charge in [0.2, 0.25) is 0 Å². The molecule has 1 aromatic rings. The smallest absolute Gasteiger partial charge is 0.160 e. The molecular weight excluding hydrogens is 366 g/mol. The molecule has 160 valence electrons. The largest absolute Gasteiger partial charge is 0.373 e. The van der Waals surface area contributed by atoms with Crippen molar-refractivity contribution in [3.63, 3.8) is 0 Å². The molecule has 0 N–H and O–H groups in total. The predicted octanol–water partition coefficient (Wildman–Crippen LogP) is 7.51. The normalized spacial score (nSPS) is 19.8. The highest BCUT2D eigenvalue weighted by Crippen LogP contribution is 2.27. The van der Waals surface area contributed by atoms with Crippen molar-refractivity contribution in [3.05, 3.63) is 52.8 Å². The lowest BCUT2D eigenvalue weighted by Crippen LogP contribution is -2.31. The number of rotatable bonds is 5. The summed E-state index contributed by atoms with van der Waals surface area (Å²) in [7, 11) is 2.07. The van der Waals surface area contributed by atoms with Gasteiger partial charge in [-0.15, -0.1) is 0 Å². The quantitative estimate of drug-likeness (QED) is 0.465. The second-order valence-corrected chi connectivity index (χ2v) is 8.46. The molecule has 1 heterocycles. The van der Waals surface area contributed by atoms with Crippen molar-refractivity contribution in [3.8, 4) is 0 Å². The number of likely N-dealkylation sites (N-methyl/N-ethyl adjacent to an activating group) is 1. The molecule has 2 nitrogen and oxygen atoms in total. The number of halogens is 2. The molecule has 1 aromatic carbocycles. The molecule has 0 amide bonds. The summed E-state index contributed by atoms with van der Waals surface area (Å²) < 4.78 is 26.9. The van der Waals surface area contributed by atoms with E-state index in [9.17, 15) is 8.78 Å². The molecule has 2 aliphatic rings. The van der Waals surface area contributed by atoms with E-state index in [1.165, 1.54) is 37.0 Å². The SMILES string of the molecule is CC1CCC1.CCCC(=Nc1cc(F)c(F)cc1C)C1=CN(C)C(CC)C(C)=C1. The summed E-state index contributed by atoms with van der Waals surface area (Å²) in [5.41, 5.74) is 4.38. The number of aryl methyl sites for hydroxylation is 1. The average molecular weight is 403 g/mol. The molecule has 1 fully saturated rings. The number of benzene rings is 1. The Morgan fingerprint density at radius 1 is 1.14 bits per heavy atom. The Morgan fingerprint density at radius 3 is 2.24 bits per heavy atom. The Morgan fingerprint density at radius 2 is 1.76 bits per heavy atom. The zero-order valence-electron chi connectivity index (χ0n) is 18.9. The first-order chi connectivity index (χ1) is 13.8. The van der Waals surface area contributed by atoms with E-state index in [0.29, 0.717) is 17.3 Å². The minimum atomic E-state index is -0.859. The zero-order chi connectivity index (χ0) is 21.6. The molecule has 0 aromatic heterocycles. The molecule has 1 atom stereocenters. The van der Waals surface area contributed by atoms with Gasteiger partial charge in [0.05, 0.1) is 5.69 Å². The van der Waals surface area contributed by atoms with E-state index >= 15 is 0 Å². The summed E-state index contributed by atoms with van der Waals surface area (Å²) in [6, 6.07) is 2.79. The van der Waals surface area contributed by atoms with E-state index in [1.54, 1.807) is 6.92 Å². The zero-order valence-corrected chi connectivity index (χ0v) is 18.9. The first-order valence-corrected chi connectivity index (χ1v) is 10.9. The van der Waals surface area contributed by atoms with Gasteiger partial charge in [-0.2, -0.15) is 0 Å². The molecule has 29 heavy (non-hydrogen) atoms. The van der Waals surface area contributed by atoms with Crippen LogP contribution in [0.5, 0.6) is 0 Å². The lowest BCUT2D eigenvalue weighted by Gasteiger charge is -2.31. The summed E-state index contributed by atoms with van der Waals surface area (Å²) in [5, 5.41) is 0. The Bertz CT molecular complexity index is 788. The minimum Gasteiger partial charge on any atom is -0.373 e. The Kier molecular flexibility index (Phi) is 8.60. The van der Waals surface area contributed by atoms with Crippen molar-refractivity contribution in [2.24, 2.45) is 10.9 Å². The topological polar surface area (TPSA) is 15.6 Å². The number of aliphatic imine (C=N–C) groups is 1. The van der Waals surface area contributed by atoms with E-state index < -0.39 is 11.6 Å². The molecule has 1 aliphatic carbocycles. The van der Waals surface area contributed by atoms with Gasteiger partial charge in [0.15, 0.2) is 11.6 Å². The van der Waals surface area contributed by atoms with Crippen molar-refractivity contribution in [1.29, 1.82) is 0 Å². The number of hydrogen-bond acceptors (Lipinski definition) is 2. The van der Waals surface area contributed by atoms with Gasteiger partial charge in [-0.25, -0.2) is 8.78 Å². The fourth-order valence-electron chi connectivity index (χ4n) is 3.79. The third-order valence-electron chi connectivity index (χ3n) is 5.84. The Hall–Kier alpha value is -1.97. The van der Waals surface area contributed by atoms with Gasteiger partial charge >= 0.3 is 0 Å². The maximum absolute atomic E-state index is 13.6. The summed E-state index contributed by atoms with van der Waals surface area (Å²) in [6.07, 6.45) is 11.5. The predicted molar refractivity (Wildman–Crippen MR) is 120 cm³/mol. The summed E-state index contributed by atoms with van der Waals surface area (Å²) >= 11 is 0. The first kappa shape index (κ1) is 23.3. The lowest BCUT2D eigenvalue weighted by molar-refractivity contribution is 0.346. The van der Waals surface area contributed by atoms with Gasteiger partial charge in [0.1, 0.15) is 0 Å². The van der Waals surface area contributed by atoms with Crippen LogP contribution >= 0.6 is 0 Å². The van der Waals surface area contributed by atoms with Crippen molar-refractivity contribution < 1.29 is 8.78 Å². The molecule has 0 radical (unpaired) electrons. The monoisotopic (exact) mass is 402 g/mol. The van der Waals surface area contributed by atoms with Crippen LogP contribution in [0.25, 0.3) is 0 Å². The highest BCUT2D eigenvalue weighted by Gasteiger charge is 2.19. The van der Waals surface area contributed by atoms with Crippen LogP contribution in [0.4, 0.5) is 14.5 Å². The van der Waals surface area contributed by atoms with Gasteiger partial charge in [0.25, 0.3) is 0 Å². The third kappa shape index (κ3) is 6.25. The first-order valence-electron chi connectivity index (χ1n) is 10.9. The van der Waals surface area contributed by atoms with E-state index in [2.05, 4.69) is 56.9 Å². The van der Waals surface area contributed by atoms with Crippen LogP contribution in [-0.2, 0) is 0 Å². The van der Waals surface area contributed by atoms with Crippen LogP contribution in [0, 0.1) is 24.5 Å². The highest BCUT2D eigenvalue weighted by atomic mass is 19.2. The fraction of sp³-hybridized carbons (Fsp3) is 0.560. The highest BCUT2D eigenvalue weighted by molar-refractivity contribution is 6.04. The van der Waals surface area contributed by atoms with Crippen molar-refractivity contribution >= 4 is 11.4 Å². The van der Waals surface area contributed by atoms with E-state index in [0.717, 1.165) is 36.5 Å². The standard InChI is InChI=1S/C20H26F2N2.C5H10/c1-6-8-18(15-9-14(4)20(7-2)24(5)12-15)23-19-11-17(22)16(21)10-13(19)3;1-5-3-2-4-5/h9-12,20H,6-8H2,1-5H3;5H,2-4H2,1H3. The Labute approximate surface area is 175 Å². The molecular formula is C25H36F2N2. The molecule has 1 aliphatic heterocycles. The van der Waals surface area contributed by atoms with E-state index in [-0.39, 0.29) is 0 Å². The number of hydrogen-bond donors (Lipinski definition) is 0. The number of nitrogens with zero attached hydrogens (tertiary/aromatic N) is 2. The van der Waals surface area contributed by atoms with E-state index in [1.807, 2.05) is 0 Å². The van der Waals surface area contributed by atoms with Crippen molar-refractivity contribution in [2.75, 3.05) is 7.05 Å². The van der Waals surface area contributed by atoms with Crippen LogP contribution in [0.2, 0.25) is 0 Å². The van der Waals surface area contributed by atoms with Crippen LogP contribution < -0.4 is 0 Å². The van der Waals surface area contributed by atoms with Gasteiger partial charge < -0.3 is 4.90 Å². The molecule has 3 rings (SSSR count). The molecule has 4 heteroatoms. The molecule has 1 saturated carbocycles.